The first-order valence-electron chi connectivity index (χ1n) is 7.94. The number of amides is 1. The Hall–Kier alpha value is -2.96. The van der Waals surface area contributed by atoms with Gasteiger partial charge in [0.2, 0.25) is 0 Å². The van der Waals surface area contributed by atoms with E-state index < -0.39 is 0 Å². The molecule has 0 spiro atoms. The fourth-order valence-electron chi connectivity index (χ4n) is 3.25. The molecule has 4 rings (SSSR count). The number of benzene rings is 1. The largest absolute Gasteiger partial charge is 0.345 e. The van der Waals surface area contributed by atoms with Gasteiger partial charge in [0, 0.05) is 18.1 Å². The van der Waals surface area contributed by atoms with E-state index in [1.165, 1.54) is 15.9 Å². The van der Waals surface area contributed by atoms with Crippen molar-refractivity contribution in [3.05, 3.63) is 57.3 Å². The minimum Gasteiger partial charge on any atom is -0.345 e. The molecule has 0 saturated heterocycles. The third kappa shape index (κ3) is 2.29. The van der Waals surface area contributed by atoms with Crippen LogP contribution in [0.2, 0.25) is 0 Å². The van der Waals surface area contributed by atoms with Crippen LogP contribution in [0.4, 0.5) is 0 Å². The highest BCUT2D eigenvalue weighted by Crippen LogP contribution is 2.22. The van der Waals surface area contributed by atoms with Gasteiger partial charge in [0.15, 0.2) is 5.69 Å². The Morgan fingerprint density at radius 1 is 1.29 bits per heavy atom. The second-order valence-corrected chi connectivity index (χ2v) is 5.99. The van der Waals surface area contributed by atoms with Gasteiger partial charge in [-0.1, -0.05) is 18.2 Å². The van der Waals surface area contributed by atoms with Crippen molar-refractivity contribution in [2.45, 2.75) is 25.8 Å². The van der Waals surface area contributed by atoms with Crippen molar-refractivity contribution < 1.29 is 4.79 Å². The standard InChI is InChI=1S/C17H17N5O2/c1-22-17(24)11-6-3-2-5-10(11)15(21-22)16(23)18-9-14-12-7-4-8-13(12)19-20-14/h2-3,5-6H,4,7-9H2,1H3,(H,18,23)(H,19,20). The summed E-state index contributed by atoms with van der Waals surface area (Å²) in [4.78, 5) is 24.7. The number of hydrogen-bond donors (Lipinski definition) is 2. The lowest BCUT2D eigenvalue weighted by molar-refractivity contribution is 0.0945. The first kappa shape index (κ1) is 14.6. The van der Waals surface area contributed by atoms with Crippen LogP contribution in [0.3, 0.4) is 0 Å². The highest BCUT2D eigenvalue weighted by molar-refractivity contribution is 6.04. The maximum atomic E-state index is 12.6. The smallest absolute Gasteiger partial charge is 0.274 e. The second kappa shape index (κ2) is 5.59. The van der Waals surface area contributed by atoms with E-state index in [-0.39, 0.29) is 17.2 Å². The predicted octanol–water partition coefficient (Wildman–Crippen LogP) is 1.08. The summed E-state index contributed by atoms with van der Waals surface area (Å²) >= 11 is 0. The number of nitrogens with one attached hydrogen (secondary N) is 2. The summed E-state index contributed by atoms with van der Waals surface area (Å²) in [6.45, 7) is 0.351. The zero-order chi connectivity index (χ0) is 16.7. The van der Waals surface area contributed by atoms with E-state index in [9.17, 15) is 9.59 Å². The maximum absolute atomic E-state index is 12.6. The lowest BCUT2D eigenvalue weighted by Gasteiger charge is -2.08. The Kier molecular flexibility index (Phi) is 3.41. The number of aromatic amines is 1. The summed E-state index contributed by atoms with van der Waals surface area (Å²) in [5.74, 6) is -0.309. The van der Waals surface area contributed by atoms with Gasteiger partial charge < -0.3 is 5.32 Å². The quantitative estimate of drug-likeness (QED) is 0.754. The molecule has 0 saturated carbocycles. The summed E-state index contributed by atoms with van der Waals surface area (Å²) in [7, 11) is 1.55. The lowest BCUT2D eigenvalue weighted by Crippen LogP contribution is -2.29. The van der Waals surface area contributed by atoms with Crippen LogP contribution in [0.5, 0.6) is 0 Å². The van der Waals surface area contributed by atoms with Gasteiger partial charge in [-0.15, -0.1) is 0 Å². The topological polar surface area (TPSA) is 92.7 Å². The van der Waals surface area contributed by atoms with Crippen LogP contribution in [0.25, 0.3) is 10.8 Å². The van der Waals surface area contributed by atoms with Crippen molar-refractivity contribution in [1.29, 1.82) is 0 Å². The highest BCUT2D eigenvalue weighted by Gasteiger charge is 2.20. The Morgan fingerprint density at radius 3 is 2.92 bits per heavy atom. The molecular formula is C17H17N5O2. The van der Waals surface area contributed by atoms with Crippen molar-refractivity contribution in [2.24, 2.45) is 7.05 Å². The van der Waals surface area contributed by atoms with Crippen molar-refractivity contribution in [3.63, 3.8) is 0 Å². The molecule has 0 radical (unpaired) electrons. The van der Waals surface area contributed by atoms with Gasteiger partial charge in [-0.3, -0.25) is 14.7 Å². The third-order valence-electron chi connectivity index (χ3n) is 4.48. The minimum absolute atomic E-state index is 0.215. The van der Waals surface area contributed by atoms with Gasteiger partial charge in [-0.05, 0) is 30.9 Å². The number of rotatable bonds is 3. The Labute approximate surface area is 137 Å². The minimum atomic E-state index is -0.309. The second-order valence-electron chi connectivity index (χ2n) is 5.99. The van der Waals surface area contributed by atoms with E-state index >= 15 is 0 Å². The SMILES string of the molecule is Cn1nc(C(=O)NCc2n[nH]c3c2CCC3)c2ccccc2c1=O. The predicted molar refractivity (Wildman–Crippen MR) is 88.8 cm³/mol. The summed E-state index contributed by atoms with van der Waals surface area (Å²) in [6, 6.07) is 7.01. The molecule has 0 fully saturated rings. The molecule has 2 heterocycles. The van der Waals surface area contributed by atoms with Crippen LogP contribution in [0.15, 0.2) is 29.1 Å². The van der Waals surface area contributed by atoms with Crippen LogP contribution in [-0.2, 0) is 26.4 Å². The maximum Gasteiger partial charge on any atom is 0.274 e. The summed E-state index contributed by atoms with van der Waals surface area (Å²) < 4.78 is 1.20. The number of carbonyl (C=O) groups is 1. The Bertz CT molecular complexity index is 1000. The molecule has 7 nitrogen and oxygen atoms in total. The van der Waals surface area contributed by atoms with E-state index in [1.54, 1.807) is 31.3 Å². The molecule has 1 aliphatic carbocycles. The van der Waals surface area contributed by atoms with Crippen LogP contribution in [-0.4, -0.2) is 25.9 Å². The van der Waals surface area contributed by atoms with Crippen molar-refractivity contribution in [3.8, 4) is 0 Å². The molecular weight excluding hydrogens is 306 g/mol. The van der Waals surface area contributed by atoms with E-state index in [4.69, 9.17) is 0 Å². The zero-order valence-corrected chi connectivity index (χ0v) is 13.3. The number of aromatic nitrogens is 4. The number of nitrogens with zero attached hydrogens (tertiary/aromatic N) is 3. The molecule has 0 aliphatic heterocycles. The summed E-state index contributed by atoms with van der Waals surface area (Å²) in [5, 5.41) is 15.4. The van der Waals surface area contributed by atoms with Gasteiger partial charge in [0.05, 0.1) is 17.6 Å². The van der Waals surface area contributed by atoms with Crippen molar-refractivity contribution >= 4 is 16.7 Å². The molecule has 7 heteroatoms. The van der Waals surface area contributed by atoms with Gasteiger partial charge in [-0.2, -0.15) is 10.2 Å². The van der Waals surface area contributed by atoms with Crippen LogP contribution < -0.4 is 10.9 Å². The first-order valence-corrected chi connectivity index (χ1v) is 7.94. The summed E-state index contributed by atoms with van der Waals surface area (Å²) in [5.41, 5.74) is 3.30. The molecule has 1 aromatic carbocycles. The fourth-order valence-corrected chi connectivity index (χ4v) is 3.25. The van der Waals surface area contributed by atoms with Crippen LogP contribution in [0.1, 0.15) is 33.9 Å². The Balaban J connectivity index is 1.64. The van der Waals surface area contributed by atoms with E-state index in [0.29, 0.717) is 17.3 Å². The van der Waals surface area contributed by atoms with Crippen LogP contribution in [0, 0.1) is 0 Å². The average Bonchev–Trinajstić information content (AvgIpc) is 3.20. The van der Waals surface area contributed by atoms with Gasteiger partial charge in [0.1, 0.15) is 0 Å². The molecule has 122 valence electrons. The number of hydrogen-bond acceptors (Lipinski definition) is 4. The van der Waals surface area contributed by atoms with Crippen molar-refractivity contribution in [1.82, 2.24) is 25.3 Å². The van der Waals surface area contributed by atoms with Crippen LogP contribution >= 0.6 is 0 Å². The van der Waals surface area contributed by atoms with Gasteiger partial charge in [-0.25, -0.2) is 4.68 Å². The molecule has 1 aliphatic rings. The summed E-state index contributed by atoms with van der Waals surface area (Å²) in [6.07, 6.45) is 3.14. The number of H-pyrrole nitrogens is 1. The van der Waals surface area contributed by atoms with E-state index in [2.05, 4.69) is 20.6 Å². The number of fused-ring (bicyclic) bond motifs is 2. The number of carbonyl (C=O) groups excluding carboxylic acids is 1. The molecule has 2 aromatic heterocycles. The zero-order valence-electron chi connectivity index (χ0n) is 13.3. The normalized spacial score (nSPS) is 13.2. The lowest BCUT2D eigenvalue weighted by atomic mass is 10.1. The van der Waals surface area contributed by atoms with E-state index in [0.717, 1.165) is 25.0 Å². The van der Waals surface area contributed by atoms with Gasteiger partial charge >= 0.3 is 0 Å². The number of aryl methyl sites for hydroxylation is 2. The molecule has 0 unspecified atom stereocenters. The van der Waals surface area contributed by atoms with Gasteiger partial charge in [0.25, 0.3) is 11.5 Å². The molecule has 24 heavy (non-hydrogen) atoms. The molecule has 2 N–H and O–H groups in total. The third-order valence-corrected chi connectivity index (χ3v) is 4.48. The first-order chi connectivity index (χ1) is 11.6. The molecule has 1 amide bonds. The molecule has 0 atom stereocenters. The monoisotopic (exact) mass is 323 g/mol. The molecule has 3 aromatic rings. The Morgan fingerprint density at radius 2 is 2.08 bits per heavy atom. The van der Waals surface area contributed by atoms with Crippen molar-refractivity contribution in [2.75, 3.05) is 0 Å². The highest BCUT2D eigenvalue weighted by atomic mass is 16.2. The fraction of sp³-hybridized carbons (Fsp3) is 0.294. The molecule has 0 bridgehead atoms. The average molecular weight is 323 g/mol. The van der Waals surface area contributed by atoms with E-state index in [1.807, 2.05) is 0 Å².